The molecule has 4 rings (SSSR count). The summed E-state index contributed by atoms with van der Waals surface area (Å²) in [5, 5.41) is 0.927. The number of para-hydroxylation sites is 1. The first kappa shape index (κ1) is 16.7. The quantitative estimate of drug-likeness (QED) is 0.837. The van der Waals surface area contributed by atoms with E-state index in [-0.39, 0.29) is 5.82 Å². The van der Waals surface area contributed by atoms with Crippen LogP contribution in [0.5, 0.6) is 0 Å². The molecule has 4 nitrogen and oxygen atoms in total. The first-order valence-electron chi connectivity index (χ1n) is 9.35. The molecular formula is C20H27FN4. The Hall–Kier alpha value is -1.72. The number of nitrogens with zero attached hydrogens (tertiary/aromatic N) is 4. The van der Waals surface area contributed by atoms with Crippen molar-refractivity contribution in [1.29, 1.82) is 0 Å². The van der Waals surface area contributed by atoms with E-state index in [0.29, 0.717) is 11.6 Å². The number of likely N-dealkylation sites (N-methyl/N-ethyl adjacent to an activating group) is 1. The van der Waals surface area contributed by atoms with E-state index in [1.165, 1.54) is 32.0 Å². The van der Waals surface area contributed by atoms with Crippen molar-refractivity contribution in [3.05, 3.63) is 35.8 Å². The summed E-state index contributed by atoms with van der Waals surface area (Å²) >= 11 is 0. The zero-order chi connectivity index (χ0) is 17.4. The SMILES string of the molecule is Cc1cc(N2CCN(C3CCCN(C)C3)CC2)c2cccc(F)c2n1. The fourth-order valence-corrected chi connectivity index (χ4v) is 4.35. The number of hydrogen-bond donors (Lipinski definition) is 0. The number of halogens is 1. The molecule has 5 heteroatoms. The van der Waals surface area contributed by atoms with Crippen LogP contribution in [0.2, 0.25) is 0 Å². The maximum atomic E-state index is 14.2. The van der Waals surface area contributed by atoms with E-state index in [9.17, 15) is 4.39 Å². The molecule has 1 aromatic heterocycles. The molecule has 2 fully saturated rings. The molecule has 3 heterocycles. The lowest BCUT2D eigenvalue weighted by Crippen LogP contribution is -2.54. The van der Waals surface area contributed by atoms with Crippen LogP contribution in [0, 0.1) is 12.7 Å². The van der Waals surface area contributed by atoms with Crippen molar-refractivity contribution < 1.29 is 4.39 Å². The Morgan fingerprint density at radius 1 is 1.12 bits per heavy atom. The molecule has 2 aliphatic heterocycles. The first-order chi connectivity index (χ1) is 12.1. The van der Waals surface area contributed by atoms with Gasteiger partial charge in [0.2, 0.25) is 0 Å². The van der Waals surface area contributed by atoms with Gasteiger partial charge in [-0.15, -0.1) is 0 Å². The highest BCUT2D eigenvalue weighted by molar-refractivity contribution is 5.92. The van der Waals surface area contributed by atoms with Crippen molar-refractivity contribution in [3.63, 3.8) is 0 Å². The smallest absolute Gasteiger partial charge is 0.149 e. The molecule has 0 amide bonds. The molecule has 0 aliphatic carbocycles. The monoisotopic (exact) mass is 342 g/mol. The second-order valence-corrected chi connectivity index (χ2v) is 7.50. The molecule has 1 atom stereocenters. The van der Waals surface area contributed by atoms with Crippen molar-refractivity contribution in [3.8, 4) is 0 Å². The van der Waals surface area contributed by atoms with Crippen LogP contribution in [-0.4, -0.2) is 67.1 Å². The maximum Gasteiger partial charge on any atom is 0.149 e. The number of pyridine rings is 1. The van der Waals surface area contributed by atoms with Gasteiger partial charge in [0, 0.05) is 55.5 Å². The summed E-state index contributed by atoms with van der Waals surface area (Å²) in [5.74, 6) is -0.230. The number of fused-ring (bicyclic) bond motifs is 1. The van der Waals surface area contributed by atoms with Crippen molar-refractivity contribution in [1.82, 2.24) is 14.8 Å². The molecule has 134 valence electrons. The van der Waals surface area contributed by atoms with Gasteiger partial charge in [0.25, 0.3) is 0 Å². The lowest BCUT2D eigenvalue weighted by molar-refractivity contribution is 0.107. The van der Waals surface area contributed by atoms with Gasteiger partial charge < -0.3 is 9.80 Å². The first-order valence-corrected chi connectivity index (χ1v) is 9.35. The average Bonchev–Trinajstić information content (AvgIpc) is 2.62. The molecule has 2 saturated heterocycles. The average molecular weight is 342 g/mol. The standard InChI is InChI=1S/C20H27FN4/c1-15-13-19(17-6-3-7-18(21)20(17)22-15)25-11-9-24(10-12-25)16-5-4-8-23(2)14-16/h3,6-7,13,16H,4-5,8-12,14H2,1-2H3. The largest absolute Gasteiger partial charge is 0.368 e. The lowest BCUT2D eigenvalue weighted by Gasteiger charge is -2.43. The van der Waals surface area contributed by atoms with Crippen molar-refractivity contribution in [2.45, 2.75) is 25.8 Å². The van der Waals surface area contributed by atoms with E-state index < -0.39 is 0 Å². The van der Waals surface area contributed by atoms with E-state index in [1.807, 2.05) is 13.0 Å². The Labute approximate surface area is 149 Å². The number of piperazine rings is 1. The number of aromatic nitrogens is 1. The fraction of sp³-hybridized carbons (Fsp3) is 0.550. The van der Waals surface area contributed by atoms with Gasteiger partial charge in [-0.05, 0) is 45.5 Å². The van der Waals surface area contributed by atoms with E-state index >= 15 is 0 Å². The number of piperidine rings is 1. The van der Waals surface area contributed by atoms with Gasteiger partial charge >= 0.3 is 0 Å². The molecule has 0 radical (unpaired) electrons. The predicted molar refractivity (Wildman–Crippen MR) is 101 cm³/mol. The minimum atomic E-state index is -0.230. The third-order valence-electron chi connectivity index (χ3n) is 5.67. The molecule has 2 aromatic rings. The molecule has 0 spiro atoms. The van der Waals surface area contributed by atoms with E-state index in [4.69, 9.17) is 0 Å². The minimum absolute atomic E-state index is 0.230. The summed E-state index contributed by atoms with van der Waals surface area (Å²) in [7, 11) is 2.23. The molecule has 1 aromatic carbocycles. The Bertz CT molecular complexity index is 755. The zero-order valence-corrected chi connectivity index (χ0v) is 15.2. The van der Waals surface area contributed by atoms with Crippen LogP contribution < -0.4 is 4.90 Å². The number of aryl methyl sites for hydroxylation is 1. The third kappa shape index (κ3) is 3.35. The van der Waals surface area contributed by atoms with Gasteiger partial charge in [0.15, 0.2) is 0 Å². The van der Waals surface area contributed by atoms with Crippen LogP contribution in [0.15, 0.2) is 24.3 Å². The maximum absolute atomic E-state index is 14.2. The Kier molecular flexibility index (Phi) is 4.61. The highest BCUT2D eigenvalue weighted by Gasteiger charge is 2.27. The summed E-state index contributed by atoms with van der Waals surface area (Å²) in [6, 6.07) is 8.06. The number of anilines is 1. The molecular weight excluding hydrogens is 315 g/mol. The fourth-order valence-electron chi connectivity index (χ4n) is 4.35. The normalized spacial score (nSPS) is 23.3. The number of hydrogen-bond acceptors (Lipinski definition) is 4. The van der Waals surface area contributed by atoms with Crippen molar-refractivity contribution in [2.75, 3.05) is 51.2 Å². The Balaban J connectivity index is 1.53. The third-order valence-corrected chi connectivity index (χ3v) is 5.67. The van der Waals surface area contributed by atoms with Crippen LogP contribution in [0.3, 0.4) is 0 Å². The summed E-state index contributed by atoms with van der Waals surface area (Å²) < 4.78 is 14.2. The van der Waals surface area contributed by atoms with Gasteiger partial charge in [-0.3, -0.25) is 4.90 Å². The second-order valence-electron chi connectivity index (χ2n) is 7.50. The number of rotatable bonds is 2. The predicted octanol–water partition coefficient (Wildman–Crippen LogP) is 2.90. The van der Waals surface area contributed by atoms with Gasteiger partial charge in [-0.1, -0.05) is 12.1 Å². The van der Waals surface area contributed by atoms with E-state index in [2.05, 4.69) is 32.8 Å². The molecule has 25 heavy (non-hydrogen) atoms. The molecule has 0 bridgehead atoms. The summed E-state index contributed by atoms with van der Waals surface area (Å²) in [6.07, 6.45) is 2.61. The van der Waals surface area contributed by atoms with E-state index in [1.54, 1.807) is 6.07 Å². The highest BCUT2D eigenvalue weighted by atomic mass is 19.1. The zero-order valence-electron chi connectivity index (χ0n) is 15.2. The van der Waals surface area contributed by atoms with Crippen molar-refractivity contribution >= 4 is 16.6 Å². The van der Waals surface area contributed by atoms with Crippen molar-refractivity contribution in [2.24, 2.45) is 0 Å². The Morgan fingerprint density at radius 3 is 2.68 bits per heavy atom. The topological polar surface area (TPSA) is 22.6 Å². The molecule has 1 unspecified atom stereocenters. The highest BCUT2D eigenvalue weighted by Crippen LogP contribution is 2.29. The van der Waals surface area contributed by atoms with Gasteiger partial charge in [-0.2, -0.15) is 0 Å². The molecule has 0 saturated carbocycles. The summed E-state index contributed by atoms with van der Waals surface area (Å²) in [4.78, 5) is 11.9. The second kappa shape index (κ2) is 6.89. The summed E-state index contributed by atoms with van der Waals surface area (Å²) in [5.41, 5.74) is 2.50. The minimum Gasteiger partial charge on any atom is -0.368 e. The van der Waals surface area contributed by atoms with Crippen LogP contribution in [0.4, 0.5) is 10.1 Å². The van der Waals surface area contributed by atoms with Crippen LogP contribution in [-0.2, 0) is 0 Å². The van der Waals surface area contributed by atoms with Crippen LogP contribution in [0.1, 0.15) is 18.5 Å². The van der Waals surface area contributed by atoms with Gasteiger partial charge in [-0.25, -0.2) is 9.37 Å². The van der Waals surface area contributed by atoms with Gasteiger partial charge in [0.1, 0.15) is 11.3 Å². The Morgan fingerprint density at radius 2 is 1.92 bits per heavy atom. The lowest BCUT2D eigenvalue weighted by atomic mass is 10.0. The molecule has 2 aliphatic rings. The van der Waals surface area contributed by atoms with Gasteiger partial charge in [0.05, 0.1) is 0 Å². The van der Waals surface area contributed by atoms with Crippen LogP contribution in [0.25, 0.3) is 10.9 Å². The number of likely N-dealkylation sites (tertiary alicyclic amines) is 1. The summed E-state index contributed by atoms with van der Waals surface area (Å²) in [6.45, 7) is 8.51. The molecule has 0 N–H and O–H groups in total. The van der Waals surface area contributed by atoms with Crippen LogP contribution >= 0.6 is 0 Å². The number of benzene rings is 1. The van der Waals surface area contributed by atoms with E-state index in [0.717, 1.165) is 42.9 Å².